The Morgan fingerprint density at radius 2 is 1.88 bits per heavy atom. The number of anilines is 1. The maximum absolute atomic E-state index is 12.2. The summed E-state index contributed by atoms with van der Waals surface area (Å²) in [5.74, 6) is 0.774. The van der Waals surface area contributed by atoms with Crippen LogP contribution in [0.3, 0.4) is 0 Å². The van der Waals surface area contributed by atoms with Crippen LogP contribution in [0.4, 0.5) is 5.69 Å². The van der Waals surface area contributed by atoms with Crippen molar-refractivity contribution in [1.82, 2.24) is 9.55 Å². The van der Waals surface area contributed by atoms with Crippen molar-refractivity contribution in [1.29, 1.82) is 0 Å². The van der Waals surface area contributed by atoms with Crippen LogP contribution in [0.25, 0.3) is 0 Å². The van der Waals surface area contributed by atoms with Gasteiger partial charge in [-0.2, -0.15) is 0 Å². The Kier molecular flexibility index (Phi) is 5.96. The molecule has 0 atom stereocenters. The summed E-state index contributed by atoms with van der Waals surface area (Å²) in [5.41, 5.74) is 1.73. The Labute approximate surface area is 157 Å². The van der Waals surface area contributed by atoms with E-state index in [1.807, 2.05) is 73.3 Å². The summed E-state index contributed by atoms with van der Waals surface area (Å²) < 4.78 is 7.38. The van der Waals surface area contributed by atoms with Crippen LogP contribution in [-0.2, 0) is 18.3 Å². The molecule has 134 valence electrons. The number of amides is 1. The molecule has 0 unspecified atom stereocenters. The van der Waals surface area contributed by atoms with Gasteiger partial charge in [0.1, 0.15) is 5.75 Å². The molecule has 0 aliphatic carbocycles. The maximum Gasteiger partial charge on any atom is 0.228 e. The Bertz CT molecular complexity index is 858. The van der Waals surface area contributed by atoms with Gasteiger partial charge in [-0.05, 0) is 48.9 Å². The van der Waals surface area contributed by atoms with E-state index in [2.05, 4.69) is 10.3 Å². The molecule has 0 aliphatic heterocycles. The van der Waals surface area contributed by atoms with Crippen LogP contribution >= 0.6 is 11.8 Å². The summed E-state index contributed by atoms with van der Waals surface area (Å²) in [6.07, 6.45) is 4.02. The van der Waals surface area contributed by atoms with E-state index in [0.29, 0.717) is 13.0 Å². The molecule has 3 rings (SSSR count). The molecule has 0 radical (unpaired) electrons. The first-order valence-electron chi connectivity index (χ1n) is 8.41. The molecular weight excluding hydrogens is 346 g/mol. The topological polar surface area (TPSA) is 56.1 Å². The predicted molar refractivity (Wildman–Crippen MR) is 104 cm³/mol. The van der Waals surface area contributed by atoms with Gasteiger partial charge in [0, 0.05) is 30.0 Å². The maximum atomic E-state index is 12.2. The van der Waals surface area contributed by atoms with E-state index < -0.39 is 0 Å². The van der Waals surface area contributed by atoms with Gasteiger partial charge in [0.15, 0.2) is 5.16 Å². The third-order valence-electron chi connectivity index (χ3n) is 3.72. The number of imidazole rings is 1. The number of hydrogen-bond acceptors (Lipinski definition) is 4. The van der Waals surface area contributed by atoms with Crippen molar-refractivity contribution in [3.63, 3.8) is 0 Å². The van der Waals surface area contributed by atoms with Gasteiger partial charge in [-0.25, -0.2) is 4.98 Å². The number of rotatable bonds is 7. The van der Waals surface area contributed by atoms with Gasteiger partial charge in [-0.3, -0.25) is 4.79 Å². The third kappa shape index (κ3) is 4.89. The van der Waals surface area contributed by atoms with E-state index in [1.54, 1.807) is 18.0 Å². The summed E-state index contributed by atoms with van der Waals surface area (Å²) in [6.45, 7) is 2.58. The molecule has 0 saturated heterocycles. The first kappa shape index (κ1) is 18.1. The summed E-state index contributed by atoms with van der Waals surface area (Å²) >= 11 is 1.58. The van der Waals surface area contributed by atoms with Crippen LogP contribution in [0.15, 0.2) is 71.0 Å². The van der Waals surface area contributed by atoms with Gasteiger partial charge < -0.3 is 14.6 Å². The minimum atomic E-state index is -0.0429. The molecule has 1 N–H and O–H groups in total. The molecule has 1 heterocycles. The Hall–Kier alpha value is -2.73. The van der Waals surface area contributed by atoms with Crippen LogP contribution in [0.5, 0.6) is 5.75 Å². The second kappa shape index (κ2) is 8.58. The molecule has 6 heteroatoms. The van der Waals surface area contributed by atoms with Gasteiger partial charge in [0.25, 0.3) is 0 Å². The zero-order valence-electron chi connectivity index (χ0n) is 14.8. The van der Waals surface area contributed by atoms with Crippen molar-refractivity contribution >= 4 is 23.4 Å². The van der Waals surface area contributed by atoms with Crippen molar-refractivity contribution in [3.8, 4) is 5.75 Å². The number of hydrogen-bond donors (Lipinski definition) is 1. The fraction of sp³-hybridized carbons (Fsp3) is 0.200. The minimum absolute atomic E-state index is 0.0429. The van der Waals surface area contributed by atoms with Crippen LogP contribution in [-0.4, -0.2) is 22.1 Å². The highest BCUT2D eigenvalue weighted by Gasteiger charge is 2.06. The molecule has 0 spiro atoms. The molecular formula is C20H21N3O2S. The highest BCUT2D eigenvalue weighted by molar-refractivity contribution is 7.99. The molecule has 2 aromatic carbocycles. The van der Waals surface area contributed by atoms with Crippen molar-refractivity contribution in [2.24, 2.45) is 7.05 Å². The van der Waals surface area contributed by atoms with Crippen LogP contribution < -0.4 is 10.1 Å². The van der Waals surface area contributed by atoms with Gasteiger partial charge in [0.2, 0.25) is 5.91 Å². The lowest BCUT2D eigenvalue weighted by molar-refractivity contribution is -0.115. The van der Waals surface area contributed by atoms with Crippen molar-refractivity contribution in [3.05, 3.63) is 66.5 Å². The highest BCUT2D eigenvalue weighted by atomic mass is 32.2. The number of aryl methyl sites for hydroxylation is 1. The predicted octanol–water partition coefficient (Wildman–Crippen LogP) is 4.15. The van der Waals surface area contributed by atoms with E-state index in [9.17, 15) is 4.79 Å². The van der Waals surface area contributed by atoms with Gasteiger partial charge >= 0.3 is 0 Å². The number of ether oxygens (including phenoxy) is 1. The molecule has 1 aromatic heterocycles. The smallest absolute Gasteiger partial charge is 0.228 e. The van der Waals surface area contributed by atoms with Crippen molar-refractivity contribution < 1.29 is 9.53 Å². The fourth-order valence-corrected chi connectivity index (χ4v) is 3.22. The second-order valence-electron chi connectivity index (χ2n) is 5.75. The summed E-state index contributed by atoms with van der Waals surface area (Å²) in [5, 5.41) is 3.86. The number of aromatic nitrogens is 2. The third-order valence-corrected chi connectivity index (χ3v) is 4.81. The van der Waals surface area contributed by atoms with E-state index >= 15 is 0 Å². The first-order valence-corrected chi connectivity index (χ1v) is 9.22. The molecule has 0 bridgehead atoms. The molecule has 26 heavy (non-hydrogen) atoms. The quantitative estimate of drug-likeness (QED) is 0.681. The second-order valence-corrected chi connectivity index (χ2v) is 6.79. The Morgan fingerprint density at radius 1 is 1.15 bits per heavy atom. The summed E-state index contributed by atoms with van der Waals surface area (Å²) in [4.78, 5) is 17.6. The average molecular weight is 367 g/mol. The lowest BCUT2D eigenvalue weighted by atomic mass is 10.1. The number of carbonyl (C=O) groups is 1. The van der Waals surface area contributed by atoms with Gasteiger partial charge in [-0.1, -0.05) is 23.9 Å². The van der Waals surface area contributed by atoms with Crippen molar-refractivity contribution in [2.75, 3.05) is 11.9 Å². The highest BCUT2D eigenvalue weighted by Crippen LogP contribution is 2.26. The number of nitrogens with zero attached hydrogens (tertiary/aromatic N) is 2. The van der Waals surface area contributed by atoms with E-state index in [-0.39, 0.29) is 5.91 Å². The SMILES string of the molecule is CCOc1ccc(CC(=O)Nc2ccc(Sc3nccn3C)cc2)cc1. The zero-order chi connectivity index (χ0) is 18.4. The van der Waals surface area contributed by atoms with E-state index in [1.165, 1.54) is 0 Å². The molecule has 0 saturated carbocycles. The molecule has 3 aromatic rings. The average Bonchev–Trinajstić information content (AvgIpc) is 3.03. The van der Waals surface area contributed by atoms with Crippen LogP contribution in [0.2, 0.25) is 0 Å². The minimum Gasteiger partial charge on any atom is -0.494 e. The lowest BCUT2D eigenvalue weighted by Crippen LogP contribution is -2.14. The normalized spacial score (nSPS) is 10.5. The van der Waals surface area contributed by atoms with Crippen molar-refractivity contribution in [2.45, 2.75) is 23.4 Å². The molecule has 1 amide bonds. The fourth-order valence-electron chi connectivity index (χ4n) is 2.42. The Morgan fingerprint density at radius 3 is 2.50 bits per heavy atom. The zero-order valence-corrected chi connectivity index (χ0v) is 15.6. The van der Waals surface area contributed by atoms with E-state index in [4.69, 9.17) is 4.74 Å². The van der Waals surface area contributed by atoms with E-state index in [0.717, 1.165) is 27.1 Å². The monoisotopic (exact) mass is 367 g/mol. The molecule has 0 fully saturated rings. The van der Waals surface area contributed by atoms with Crippen LogP contribution in [0.1, 0.15) is 12.5 Å². The summed E-state index contributed by atoms with van der Waals surface area (Å²) in [7, 11) is 1.96. The number of nitrogens with one attached hydrogen (secondary N) is 1. The number of benzene rings is 2. The summed E-state index contributed by atoms with van der Waals surface area (Å²) in [6, 6.07) is 15.4. The van der Waals surface area contributed by atoms with Gasteiger partial charge in [-0.15, -0.1) is 0 Å². The first-order chi connectivity index (χ1) is 12.6. The lowest BCUT2D eigenvalue weighted by Gasteiger charge is -2.08. The van der Waals surface area contributed by atoms with Gasteiger partial charge in [0.05, 0.1) is 13.0 Å². The molecule has 0 aliphatic rings. The van der Waals surface area contributed by atoms with Crippen LogP contribution in [0, 0.1) is 0 Å². The molecule has 5 nitrogen and oxygen atoms in total. The largest absolute Gasteiger partial charge is 0.494 e. The number of carbonyl (C=O) groups excluding carboxylic acids is 1. The Balaban J connectivity index is 1.54. The standard InChI is InChI=1S/C20H21N3O2S/c1-3-25-17-8-4-15(5-9-17)14-19(24)22-16-6-10-18(11-7-16)26-20-21-12-13-23(20)2/h4-13H,3,14H2,1-2H3,(H,22,24).